The fourth-order valence-electron chi connectivity index (χ4n) is 5.56. The van der Waals surface area contributed by atoms with Crippen molar-refractivity contribution in [1.82, 2.24) is 20.0 Å². The van der Waals surface area contributed by atoms with Crippen molar-refractivity contribution in [2.45, 2.75) is 65.7 Å². The summed E-state index contributed by atoms with van der Waals surface area (Å²) in [5, 5.41) is 3.52. The first-order valence-electron chi connectivity index (χ1n) is 17.1. The fraction of sp³-hybridized carbons (Fsp3) is 0.487. The van der Waals surface area contributed by atoms with Crippen LogP contribution in [-0.2, 0) is 24.4 Å². The summed E-state index contributed by atoms with van der Waals surface area (Å²) in [6.45, 7) is 18.0. The number of nitrogens with one attached hydrogen (secondary N) is 1. The molecule has 7 heteroatoms. The molecule has 46 heavy (non-hydrogen) atoms. The molecule has 1 atom stereocenters. The van der Waals surface area contributed by atoms with E-state index in [2.05, 4.69) is 112 Å². The highest BCUT2D eigenvalue weighted by atomic mass is 16.1. The molecule has 1 unspecified atom stereocenters. The average Bonchev–Trinajstić information content (AvgIpc) is 3.41. The number of ketones is 1. The second-order valence-corrected chi connectivity index (χ2v) is 12.5. The van der Waals surface area contributed by atoms with Crippen LogP contribution in [0.2, 0.25) is 0 Å². The molecule has 0 spiro atoms. The van der Waals surface area contributed by atoms with Gasteiger partial charge in [-0.15, -0.1) is 0 Å². The molecule has 1 saturated heterocycles. The lowest BCUT2D eigenvalue weighted by atomic mass is 10.2. The molecule has 1 fully saturated rings. The predicted molar refractivity (Wildman–Crippen MR) is 194 cm³/mol. The SMILES string of the molecule is CC(=O)CCN(CCN)Cc1ccccc1.CC1=NCCN(Cc2ccccc2)CC1.CC1CCN(Cc2ccccc2)CCN1. The van der Waals surface area contributed by atoms with Crippen molar-refractivity contribution in [2.24, 2.45) is 10.7 Å². The molecule has 0 aromatic heterocycles. The third-order valence-electron chi connectivity index (χ3n) is 8.36. The van der Waals surface area contributed by atoms with E-state index in [1.165, 1.54) is 41.9 Å². The van der Waals surface area contributed by atoms with Crippen molar-refractivity contribution in [3.8, 4) is 0 Å². The van der Waals surface area contributed by atoms with E-state index in [0.29, 0.717) is 19.0 Å². The van der Waals surface area contributed by atoms with Gasteiger partial charge in [-0.1, -0.05) is 91.0 Å². The van der Waals surface area contributed by atoms with Crippen molar-refractivity contribution in [3.63, 3.8) is 0 Å². The highest BCUT2D eigenvalue weighted by Crippen LogP contribution is 2.09. The van der Waals surface area contributed by atoms with Gasteiger partial charge in [0.05, 0.1) is 6.54 Å². The Hall–Kier alpha value is -3.20. The zero-order chi connectivity index (χ0) is 32.8. The predicted octanol–water partition coefficient (Wildman–Crippen LogP) is 5.65. The van der Waals surface area contributed by atoms with Crippen LogP contribution in [0.5, 0.6) is 0 Å². The van der Waals surface area contributed by atoms with E-state index in [4.69, 9.17) is 5.73 Å². The van der Waals surface area contributed by atoms with Crippen molar-refractivity contribution in [1.29, 1.82) is 0 Å². The van der Waals surface area contributed by atoms with E-state index in [0.717, 1.165) is 65.3 Å². The zero-order valence-electron chi connectivity index (χ0n) is 28.6. The Labute approximate surface area is 278 Å². The molecule has 5 rings (SSSR count). The molecule has 0 aliphatic carbocycles. The molecule has 2 aliphatic rings. The lowest BCUT2D eigenvalue weighted by Crippen LogP contribution is -2.30. The van der Waals surface area contributed by atoms with Gasteiger partial charge in [0.25, 0.3) is 0 Å². The van der Waals surface area contributed by atoms with Crippen molar-refractivity contribution >= 4 is 11.5 Å². The summed E-state index contributed by atoms with van der Waals surface area (Å²) >= 11 is 0. The van der Waals surface area contributed by atoms with Gasteiger partial charge in [0, 0.05) is 90.2 Å². The number of carbonyl (C=O) groups excluding carboxylic acids is 1. The number of hydrogen-bond donors (Lipinski definition) is 2. The first-order chi connectivity index (χ1) is 22.4. The maximum absolute atomic E-state index is 10.9. The molecule has 0 bridgehead atoms. The molecule has 2 heterocycles. The minimum absolute atomic E-state index is 0.232. The number of Topliss-reactive ketones (excluding diaryl/α,β-unsaturated/α-hetero) is 1. The summed E-state index contributed by atoms with van der Waals surface area (Å²) in [4.78, 5) is 22.7. The van der Waals surface area contributed by atoms with E-state index < -0.39 is 0 Å². The van der Waals surface area contributed by atoms with Gasteiger partial charge in [-0.3, -0.25) is 24.5 Å². The third kappa shape index (κ3) is 16.4. The van der Waals surface area contributed by atoms with Gasteiger partial charge in [-0.25, -0.2) is 0 Å². The Bertz CT molecular complexity index is 1200. The Morgan fingerprint density at radius 1 is 0.826 bits per heavy atom. The van der Waals surface area contributed by atoms with Crippen LogP contribution >= 0.6 is 0 Å². The summed E-state index contributed by atoms with van der Waals surface area (Å²) < 4.78 is 0. The number of benzene rings is 3. The maximum Gasteiger partial charge on any atom is 0.131 e. The van der Waals surface area contributed by atoms with E-state index in [9.17, 15) is 4.79 Å². The molecule has 3 aromatic carbocycles. The molecule has 7 nitrogen and oxygen atoms in total. The lowest BCUT2D eigenvalue weighted by Gasteiger charge is -2.20. The van der Waals surface area contributed by atoms with Gasteiger partial charge >= 0.3 is 0 Å². The summed E-state index contributed by atoms with van der Waals surface area (Å²) in [6, 6.07) is 32.3. The van der Waals surface area contributed by atoms with E-state index in [1.54, 1.807) is 6.92 Å². The number of nitrogens with two attached hydrogens (primary N) is 1. The summed E-state index contributed by atoms with van der Waals surface area (Å²) in [6.07, 6.45) is 2.98. The first kappa shape index (κ1) is 37.3. The summed E-state index contributed by atoms with van der Waals surface area (Å²) in [5.41, 5.74) is 10.9. The average molecular weight is 627 g/mol. The molecule has 0 radical (unpaired) electrons. The Morgan fingerprint density at radius 2 is 1.39 bits per heavy atom. The monoisotopic (exact) mass is 626 g/mol. The van der Waals surface area contributed by atoms with Crippen molar-refractivity contribution in [3.05, 3.63) is 108 Å². The van der Waals surface area contributed by atoms with Gasteiger partial charge in [0.15, 0.2) is 0 Å². The van der Waals surface area contributed by atoms with E-state index in [1.807, 2.05) is 18.2 Å². The van der Waals surface area contributed by atoms with Crippen LogP contribution in [0, 0.1) is 0 Å². The van der Waals surface area contributed by atoms with Gasteiger partial charge in [-0.2, -0.15) is 0 Å². The zero-order valence-corrected chi connectivity index (χ0v) is 28.6. The largest absolute Gasteiger partial charge is 0.329 e. The molecule has 2 aliphatic heterocycles. The van der Waals surface area contributed by atoms with Gasteiger partial charge in [-0.05, 0) is 50.3 Å². The minimum atomic E-state index is 0.232. The van der Waals surface area contributed by atoms with Crippen LogP contribution < -0.4 is 11.1 Å². The Kier molecular flexibility index (Phi) is 18.1. The van der Waals surface area contributed by atoms with Crippen LogP contribution in [0.4, 0.5) is 0 Å². The highest BCUT2D eigenvalue weighted by Gasteiger charge is 2.13. The second kappa shape index (κ2) is 22.3. The molecule has 3 aromatic rings. The molecule has 250 valence electrons. The quantitative estimate of drug-likeness (QED) is 0.287. The van der Waals surface area contributed by atoms with Crippen LogP contribution in [0.1, 0.15) is 56.7 Å². The Balaban J connectivity index is 0.000000188. The number of carbonyl (C=O) groups is 1. The van der Waals surface area contributed by atoms with E-state index in [-0.39, 0.29) is 5.78 Å². The molecule has 0 saturated carbocycles. The van der Waals surface area contributed by atoms with Crippen LogP contribution in [0.3, 0.4) is 0 Å². The molecular weight excluding hydrogens is 568 g/mol. The summed E-state index contributed by atoms with van der Waals surface area (Å²) in [7, 11) is 0. The normalized spacial score (nSPS) is 17.4. The molecule has 0 amide bonds. The minimum Gasteiger partial charge on any atom is -0.329 e. The molecular formula is C39H58N6O. The van der Waals surface area contributed by atoms with E-state index >= 15 is 0 Å². The van der Waals surface area contributed by atoms with Crippen molar-refractivity contribution in [2.75, 3.05) is 58.9 Å². The highest BCUT2D eigenvalue weighted by molar-refractivity contribution is 5.82. The fourth-order valence-corrected chi connectivity index (χ4v) is 5.56. The topological polar surface area (TPSA) is 77.2 Å². The summed E-state index contributed by atoms with van der Waals surface area (Å²) in [5.74, 6) is 0.232. The lowest BCUT2D eigenvalue weighted by molar-refractivity contribution is -0.117. The number of nitrogens with zero attached hydrogens (tertiary/aromatic N) is 4. The van der Waals surface area contributed by atoms with Gasteiger partial charge in [0.2, 0.25) is 0 Å². The van der Waals surface area contributed by atoms with Crippen LogP contribution in [0.25, 0.3) is 0 Å². The maximum atomic E-state index is 10.9. The Morgan fingerprint density at radius 3 is 1.96 bits per heavy atom. The van der Waals surface area contributed by atoms with Gasteiger partial charge < -0.3 is 11.1 Å². The third-order valence-corrected chi connectivity index (χ3v) is 8.36. The number of hydrogen-bond acceptors (Lipinski definition) is 7. The second-order valence-electron chi connectivity index (χ2n) is 12.5. The van der Waals surface area contributed by atoms with Gasteiger partial charge in [0.1, 0.15) is 5.78 Å². The standard InChI is InChI=1S/C13H20N2O.C13H20N2.C13H18N2/c1-12(16)7-9-15(10-8-14)11-13-5-3-2-4-6-13;2*1-12-7-9-15(10-8-14-12)11-13-5-3-2-4-6-13/h2-6H,7-11,14H2,1H3;2-6,12,14H,7-11H2,1H3;2-6H,7-11H2,1H3. The smallest absolute Gasteiger partial charge is 0.131 e. The van der Waals surface area contributed by atoms with Crippen LogP contribution in [-0.4, -0.2) is 91.1 Å². The van der Waals surface area contributed by atoms with Crippen molar-refractivity contribution < 1.29 is 4.79 Å². The number of aliphatic imine (C=N–C) groups is 1. The number of rotatable bonds is 11. The van der Waals surface area contributed by atoms with Crippen LogP contribution in [0.15, 0.2) is 96.0 Å². The molecule has 3 N–H and O–H groups in total. The first-order valence-corrected chi connectivity index (χ1v) is 17.1.